The molecule has 0 fully saturated rings. The minimum absolute atomic E-state index is 0.0591. The second-order valence-corrected chi connectivity index (χ2v) is 7.59. The number of nitrogens with two attached hydrogens (primary N) is 1. The zero-order chi connectivity index (χ0) is 23.9. The Balaban J connectivity index is 1.32. The van der Waals surface area contributed by atoms with Crippen molar-refractivity contribution in [1.82, 2.24) is 5.32 Å². The summed E-state index contributed by atoms with van der Waals surface area (Å²) in [7, 11) is 0. The first-order valence-corrected chi connectivity index (χ1v) is 10.6. The summed E-state index contributed by atoms with van der Waals surface area (Å²) in [4.78, 5) is 33.0. The number of rotatable bonds is 6. The van der Waals surface area contributed by atoms with E-state index in [0.29, 0.717) is 11.4 Å². The predicted octanol–water partition coefficient (Wildman–Crippen LogP) is 3.40. The average Bonchev–Trinajstić information content (AvgIpc) is 3.15. The van der Waals surface area contributed by atoms with E-state index in [-0.39, 0.29) is 24.2 Å². The van der Waals surface area contributed by atoms with Gasteiger partial charge in [-0.15, -0.1) is 0 Å². The van der Waals surface area contributed by atoms with E-state index in [0.717, 1.165) is 17.0 Å². The fraction of sp³-hybridized carbons (Fsp3) is 0.120. The van der Waals surface area contributed by atoms with Crippen LogP contribution in [-0.4, -0.2) is 29.8 Å². The first-order valence-electron chi connectivity index (χ1n) is 10.6. The zero-order valence-electron chi connectivity index (χ0n) is 18.5. The Labute approximate surface area is 196 Å². The van der Waals surface area contributed by atoms with Gasteiger partial charge in [-0.3, -0.25) is 14.9 Å². The molecule has 3 aromatic carbocycles. The molecular weight excluding hydrogens is 432 g/mol. The summed E-state index contributed by atoms with van der Waals surface area (Å²) in [6.45, 7) is 1.93. The van der Waals surface area contributed by atoms with Crippen LogP contribution in [0.25, 0.3) is 0 Å². The quantitative estimate of drug-likeness (QED) is 0.334. The van der Waals surface area contributed by atoms with Crippen LogP contribution < -0.4 is 26.4 Å². The van der Waals surface area contributed by atoms with Crippen molar-refractivity contribution in [1.29, 1.82) is 0 Å². The number of amides is 2. The van der Waals surface area contributed by atoms with Crippen LogP contribution in [0.1, 0.15) is 12.0 Å². The lowest BCUT2D eigenvalue weighted by Gasteiger charge is -2.09. The monoisotopic (exact) mass is 456 g/mol. The van der Waals surface area contributed by atoms with E-state index in [1.54, 1.807) is 24.3 Å². The molecule has 172 valence electrons. The summed E-state index contributed by atoms with van der Waals surface area (Å²) < 4.78 is 5.74. The number of hydrogen-bond acceptors (Lipinski definition) is 5. The second kappa shape index (κ2) is 10.3. The first kappa shape index (κ1) is 22.5. The highest BCUT2D eigenvalue weighted by Gasteiger charge is 2.28. The molecule has 5 N–H and O–H groups in total. The number of aliphatic imine (C=N–C) groups is 2. The van der Waals surface area contributed by atoms with Gasteiger partial charge in [-0.1, -0.05) is 36.4 Å². The highest BCUT2D eigenvalue weighted by Crippen LogP contribution is 2.23. The van der Waals surface area contributed by atoms with Crippen LogP contribution in [0.3, 0.4) is 0 Å². The lowest BCUT2D eigenvalue weighted by atomic mass is 10.2. The van der Waals surface area contributed by atoms with Gasteiger partial charge in [0.15, 0.2) is 0 Å². The zero-order valence-corrected chi connectivity index (χ0v) is 18.5. The number of nitrogens with one attached hydrogen (secondary N) is 3. The lowest BCUT2D eigenvalue weighted by molar-refractivity contribution is -0.123. The van der Waals surface area contributed by atoms with Crippen LogP contribution in [-0.2, 0) is 9.59 Å². The van der Waals surface area contributed by atoms with Crippen molar-refractivity contribution in [2.75, 3.05) is 10.6 Å². The van der Waals surface area contributed by atoms with Crippen molar-refractivity contribution in [3.8, 4) is 11.5 Å². The maximum Gasteiger partial charge on any atom is 0.252 e. The fourth-order valence-corrected chi connectivity index (χ4v) is 3.24. The van der Waals surface area contributed by atoms with Crippen LogP contribution in [0, 0.1) is 6.92 Å². The number of carbonyl (C=O) groups is 2. The molecule has 1 unspecified atom stereocenters. The highest BCUT2D eigenvalue weighted by atomic mass is 16.5. The normalized spacial score (nSPS) is 15.3. The van der Waals surface area contributed by atoms with E-state index >= 15 is 0 Å². The number of ether oxygens (including phenoxy) is 1. The minimum Gasteiger partial charge on any atom is -0.457 e. The van der Waals surface area contributed by atoms with Crippen LogP contribution in [0.5, 0.6) is 11.5 Å². The molecule has 9 nitrogen and oxygen atoms in total. The maximum absolute atomic E-state index is 12.4. The summed E-state index contributed by atoms with van der Waals surface area (Å²) >= 11 is 0. The van der Waals surface area contributed by atoms with Crippen molar-refractivity contribution in [2.24, 2.45) is 15.7 Å². The van der Waals surface area contributed by atoms with Crippen molar-refractivity contribution in [3.63, 3.8) is 0 Å². The molecule has 9 heteroatoms. The Morgan fingerprint density at radius 2 is 1.68 bits per heavy atom. The molecule has 1 atom stereocenters. The third kappa shape index (κ3) is 5.98. The molecule has 2 amide bonds. The van der Waals surface area contributed by atoms with Gasteiger partial charge < -0.3 is 21.1 Å². The third-order valence-electron chi connectivity index (χ3n) is 4.95. The molecule has 0 radical (unpaired) electrons. The molecular formula is C25H24N6O3. The van der Waals surface area contributed by atoms with Crippen LogP contribution in [0.2, 0.25) is 0 Å². The maximum atomic E-state index is 12.4. The molecule has 34 heavy (non-hydrogen) atoms. The molecule has 3 aromatic rings. The summed E-state index contributed by atoms with van der Waals surface area (Å²) in [6.07, 6.45) is -0.127. The number of nitrogens with zero attached hydrogens (tertiary/aromatic N) is 2. The van der Waals surface area contributed by atoms with E-state index < -0.39 is 11.9 Å². The highest BCUT2D eigenvalue weighted by molar-refractivity contribution is 6.11. The smallest absolute Gasteiger partial charge is 0.252 e. The van der Waals surface area contributed by atoms with E-state index in [1.807, 2.05) is 61.5 Å². The molecule has 0 saturated carbocycles. The number of para-hydroxylation sites is 2. The largest absolute Gasteiger partial charge is 0.457 e. The standard InChI is InChI=1S/C25H24N6O3/c1-16-7-5-6-10-20(16)28-24(26)31-25-29-21(23(33)30-25)15-22(32)27-17-11-13-19(14-12-17)34-18-8-3-2-4-9-18/h2-14,21H,15H2,1H3,(H,27,32)(H4,26,28,29,30,31,33). The summed E-state index contributed by atoms with van der Waals surface area (Å²) in [5.41, 5.74) is 8.30. The van der Waals surface area contributed by atoms with Crippen molar-refractivity contribution >= 4 is 35.1 Å². The van der Waals surface area contributed by atoms with Gasteiger partial charge in [-0.25, -0.2) is 4.99 Å². The number of benzene rings is 3. The van der Waals surface area contributed by atoms with E-state index in [1.165, 1.54) is 0 Å². The van der Waals surface area contributed by atoms with Gasteiger partial charge >= 0.3 is 0 Å². The molecule has 4 rings (SSSR count). The Morgan fingerprint density at radius 3 is 2.41 bits per heavy atom. The third-order valence-corrected chi connectivity index (χ3v) is 4.95. The summed E-state index contributed by atoms with van der Waals surface area (Å²) in [5.74, 6) is 0.738. The molecule has 0 bridgehead atoms. The van der Waals surface area contributed by atoms with Crippen molar-refractivity contribution < 1.29 is 14.3 Å². The molecule has 0 spiro atoms. The van der Waals surface area contributed by atoms with Gasteiger partial charge in [-0.05, 0) is 55.0 Å². The SMILES string of the molecule is Cc1ccccc1N/C(N)=N/C1=NC(CC(=O)Nc2ccc(Oc3ccccc3)cc2)C(=O)N1. The second-order valence-electron chi connectivity index (χ2n) is 7.59. The van der Waals surface area contributed by atoms with Crippen molar-refractivity contribution in [3.05, 3.63) is 84.4 Å². The molecule has 1 aliphatic rings. The Bertz CT molecular complexity index is 1240. The topological polar surface area (TPSA) is 130 Å². The number of guanidine groups is 2. The van der Waals surface area contributed by atoms with E-state index in [2.05, 4.69) is 25.9 Å². The summed E-state index contributed by atoms with van der Waals surface area (Å²) in [6, 6.07) is 23.0. The van der Waals surface area contributed by atoms with Crippen LogP contribution in [0.4, 0.5) is 11.4 Å². The Kier molecular flexibility index (Phi) is 6.83. The molecule has 0 aliphatic carbocycles. The molecule has 0 aromatic heterocycles. The Hall–Kier alpha value is -4.66. The van der Waals surface area contributed by atoms with Crippen LogP contribution >= 0.6 is 0 Å². The average molecular weight is 457 g/mol. The van der Waals surface area contributed by atoms with Gasteiger partial charge in [-0.2, -0.15) is 4.99 Å². The van der Waals surface area contributed by atoms with Gasteiger partial charge in [0.1, 0.15) is 17.5 Å². The van der Waals surface area contributed by atoms with Crippen molar-refractivity contribution in [2.45, 2.75) is 19.4 Å². The number of carbonyl (C=O) groups excluding carboxylic acids is 2. The molecule has 0 saturated heterocycles. The Morgan fingerprint density at radius 1 is 1.00 bits per heavy atom. The van der Waals surface area contributed by atoms with Gasteiger partial charge in [0, 0.05) is 11.4 Å². The van der Waals surface area contributed by atoms with Gasteiger partial charge in [0.2, 0.25) is 17.8 Å². The van der Waals surface area contributed by atoms with Gasteiger partial charge in [0.25, 0.3) is 5.91 Å². The predicted molar refractivity (Wildman–Crippen MR) is 132 cm³/mol. The first-order chi connectivity index (χ1) is 16.5. The fourth-order valence-electron chi connectivity index (χ4n) is 3.24. The van der Waals surface area contributed by atoms with E-state index in [9.17, 15) is 9.59 Å². The summed E-state index contributed by atoms with van der Waals surface area (Å²) in [5, 5.41) is 8.27. The van der Waals surface area contributed by atoms with Crippen LogP contribution in [0.15, 0.2) is 88.8 Å². The molecule has 1 aliphatic heterocycles. The molecule has 1 heterocycles. The lowest BCUT2D eigenvalue weighted by Crippen LogP contribution is -2.32. The number of anilines is 2. The minimum atomic E-state index is -0.884. The number of aryl methyl sites for hydroxylation is 1. The van der Waals surface area contributed by atoms with Gasteiger partial charge in [0.05, 0.1) is 6.42 Å². The van der Waals surface area contributed by atoms with E-state index in [4.69, 9.17) is 10.5 Å². The number of hydrogen-bond donors (Lipinski definition) is 4.